The summed E-state index contributed by atoms with van der Waals surface area (Å²) in [6.45, 7) is 0.387. The van der Waals surface area contributed by atoms with Gasteiger partial charge < -0.3 is 0 Å². The van der Waals surface area contributed by atoms with Crippen molar-refractivity contribution in [1.82, 2.24) is 18.7 Å². The number of aryl methyl sites for hydroxylation is 1. The maximum Gasteiger partial charge on any atom is 0.332 e. The highest BCUT2D eigenvalue weighted by Crippen LogP contribution is 2.15. The highest BCUT2D eigenvalue weighted by molar-refractivity contribution is 5.74. The molecule has 0 unspecified atom stereocenters. The molecule has 3 aromatic rings. The zero-order valence-corrected chi connectivity index (χ0v) is 13.4. The van der Waals surface area contributed by atoms with Crippen molar-refractivity contribution in [2.75, 3.05) is 5.43 Å². The first-order valence-electron chi connectivity index (χ1n) is 7.39. The molecule has 0 atom stereocenters. The van der Waals surface area contributed by atoms with E-state index in [1.165, 1.54) is 11.6 Å². The average Bonchev–Trinajstić information content (AvgIpc) is 2.98. The SMILES string of the molecule is Cn1c(=O)c2c(nc(NN)n2CC=Cc2ccccc2)n(C)c1=O. The molecule has 24 heavy (non-hydrogen) atoms. The van der Waals surface area contributed by atoms with Crippen LogP contribution in [0.2, 0.25) is 0 Å². The second-order valence-electron chi connectivity index (χ2n) is 5.38. The summed E-state index contributed by atoms with van der Waals surface area (Å²) >= 11 is 0. The van der Waals surface area contributed by atoms with Crippen molar-refractivity contribution < 1.29 is 0 Å². The standard InChI is InChI=1S/C16H18N6O2/c1-20-13-12(14(23)21(2)16(20)24)22(15(18-13)19-17)10-6-9-11-7-4-3-5-8-11/h3-9H,10,17H2,1-2H3,(H,18,19). The third-order valence-electron chi connectivity index (χ3n) is 3.87. The van der Waals surface area contributed by atoms with Crippen LogP contribution in [0.15, 0.2) is 46.0 Å². The number of rotatable bonds is 4. The number of aromatic nitrogens is 4. The van der Waals surface area contributed by atoms with E-state index in [4.69, 9.17) is 5.84 Å². The number of anilines is 1. The molecule has 0 aliphatic rings. The molecular formula is C16H18N6O2. The summed E-state index contributed by atoms with van der Waals surface area (Å²) < 4.78 is 4.03. The van der Waals surface area contributed by atoms with Gasteiger partial charge in [0.2, 0.25) is 5.95 Å². The fourth-order valence-electron chi connectivity index (χ4n) is 2.59. The lowest BCUT2D eigenvalue weighted by Crippen LogP contribution is -2.37. The van der Waals surface area contributed by atoms with Gasteiger partial charge in [-0.25, -0.2) is 10.6 Å². The molecule has 0 aliphatic heterocycles. The molecule has 0 amide bonds. The lowest BCUT2D eigenvalue weighted by atomic mass is 10.2. The molecule has 2 heterocycles. The van der Waals surface area contributed by atoms with Gasteiger partial charge in [-0.2, -0.15) is 4.98 Å². The number of hydrazine groups is 1. The Morgan fingerprint density at radius 1 is 1.17 bits per heavy atom. The van der Waals surface area contributed by atoms with Crippen LogP contribution in [-0.4, -0.2) is 18.7 Å². The van der Waals surface area contributed by atoms with Crippen LogP contribution in [-0.2, 0) is 20.6 Å². The van der Waals surface area contributed by atoms with Crippen molar-refractivity contribution in [3.8, 4) is 0 Å². The molecule has 8 heteroatoms. The molecule has 3 rings (SSSR count). The third kappa shape index (κ3) is 2.52. The summed E-state index contributed by atoms with van der Waals surface area (Å²) in [6.07, 6.45) is 3.85. The van der Waals surface area contributed by atoms with Crippen LogP contribution in [0.3, 0.4) is 0 Å². The number of benzene rings is 1. The minimum atomic E-state index is -0.430. The van der Waals surface area contributed by atoms with E-state index in [1.54, 1.807) is 11.6 Å². The van der Waals surface area contributed by atoms with E-state index in [2.05, 4.69) is 10.4 Å². The van der Waals surface area contributed by atoms with Crippen molar-refractivity contribution in [2.24, 2.45) is 19.9 Å². The predicted octanol–water partition coefficient (Wildman–Crippen LogP) is 0.433. The first-order chi connectivity index (χ1) is 11.5. The maximum atomic E-state index is 12.5. The number of hydrogen-bond donors (Lipinski definition) is 2. The normalized spacial score (nSPS) is 11.5. The van der Waals surface area contributed by atoms with Crippen molar-refractivity contribution in [3.05, 3.63) is 62.8 Å². The summed E-state index contributed by atoms with van der Waals surface area (Å²) in [5.74, 6) is 5.84. The molecular weight excluding hydrogens is 308 g/mol. The Morgan fingerprint density at radius 2 is 1.88 bits per heavy atom. The Labute approximate surface area is 137 Å². The van der Waals surface area contributed by atoms with Crippen LogP contribution in [0.4, 0.5) is 5.95 Å². The predicted molar refractivity (Wildman–Crippen MR) is 93.5 cm³/mol. The largest absolute Gasteiger partial charge is 0.332 e. The number of hydrogen-bond acceptors (Lipinski definition) is 5. The Bertz CT molecular complexity index is 1030. The highest BCUT2D eigenvalue weighted by Gasteiger charge is 2.17. The summed E-state index contributed by atoms with van der Waals surface area (Å²) in [4.78, 5) is 28.8. The van der Waals surface area contributed by atoms with Gasteiger partial charge in [-0.05, 0) is 5.56 Å². The van der Waals surface area contributed by atoms with Crippen molar-refractivity contribution >= 4 is 23.2 Å². The smallest absolute Gasteiger partial charge is 0.299 e. The molecule has 0 radical (unpaired) electrons. The molecule has 8 nitrogen and oxygen atoms in total. The molecule has 0 saturated carbocycles. The lowest BCUT2D eigenvalue weighted by Gasteiger charge is -2.06. The van der Waals surface area contributed by atoms with E-state index in [0.717, 1.165) is 10.1 Å². The van der Waals surface area contributed by atoms with Gasteiger partial charge in [0.25, 0.3) is 5.56 Å². The Hall–Kier alpha value is -3.13. The highest BCUT2D eigenvalue weighted by atomic mass is 16.2. The minimum Gasteiger partial charge on any atom is -0.299 e. The number of allylic oxidation sites excluding steroid dienone is 1. The van der Waals surface area contributed by atoms with E-state index in [-0.39, 0.29) is 0 Å². The monoisotopic (exact) mass is 326 g/mol. The van der Waals surface area contributed by atoms with Crippen LogP contribution in [0.25, 0.3) is 17.2 Å². The van der Waals surface area contributed by atoms with E-state index in [0.29, 0.717) is 23.7 Å². The Kier molecular flexibility index (Phi) is 4.05. The number of nitrogen functional groups attached to an aromatic ring is 1. The fraction of sp³-hybridized carbons (Fsp3) is 0.188. The summed E-state index contributed by atoms with van der Waals surface area (Å²) in [7, 11) is 3.01. The molecule has 0 bridgehead atoms. The molecule has 0 aliphatic carbocycles. The van der Waals surface area contributed by atoms with Gasteiger partial charge >= 0.3 is 5.69 Å². The Balaban J connectivity index is 2.12. The van der Waals surface area contributed by atoms with Gasteiger partial charge in [-0.1, -0.05) is 42.5 Å². The second kappa shape index (κ2) is 6.17. The van der Waals surface area contributed by atoms with E-state index in [9.17, 15) is 9.59 Å². The topological polar surface area (TPSA) is 99.9 Å². The zero-order valence-electron chi connectivity index (χ0n) is 13.4. The van der Waals surface area contributed by atoms with Crippen LogP contribution in [0.5, 0.6) is 0 Å². The molecule has 1 aromatic carbocycles. The number of nitrogens with one attached hydrogen (secondary N) is 1. The molecule has 0 fully saturated rings. The first-order valence-corrected chi connectivity index (χ1v) is 7.39. The maximum absolute atomic E-state index is 12.5. The van der Waals surface area contributed by atoms with Crippen molar-refractivity contribution in [1.29, 1.82) is 0 Å². The fourth-order valence-corrected chi connectivity index (χ4v) is 2.59. The van der Waals surface area contributed by atoms with E-state index < -0.39 is 11.2 Å². The Morgan fingerprint density at radius 3 is 2.54 bits per heavy atom. The van der Waals surface area contributed by atoms with Gasteiger partial charge in [0.05, 0.1) is 0 Å². The summed E-state index contributed by atoms with van der Waals surface area (Å²) in [5.41, 5.74) is 3.31. The summed E-state index contributed by atoms with van der Waals surface area (Å²) in [6, 6.07) is 9.80. The lowest BCUT2D eigenvalue weighted by molar-refractivity contribution is 0.703. The van der Waals surface area contributed by atoms with Gasteiger partial charge in [-0.15, -0.1) is 0 Å². The molecule has 0 spiro atoms. The molecule has 3 N–H and O–H groups in total. The van der Waals surface area contributed by atoms with Gasteiger partial charge in [0, 0.05) is 20.6 Å². The minimum absolute atomic E-state index is 0.296. The number of nitrogens with two attached hydrogens (primary N) is 1. The van der Waals surface area contributed by atoms with Crippen molar-refractivity contribution in [3.63, 3.8) is 0 Å². The third-order valence-corrected chi connectivity index (χ3v) is 3.87. The van der Waals surface area contributed by atoms with E-state index in [1.807, 2.05) is 42.5 Å². The number of imidazole rings is 1. The number of fused-ring (bicyclic) bond motifs is 1. The van der Waals surface area contributed by atoms with Gasteiger partial charge in [-0.3, -0.25) is 23.9 Å². The molecule has 124 valence electrons. The molecule has 2 aromatic heterocycles. The van der Waals surface area contributed by atoms with Gasteiger partial charge in [0.15, 0.2) is 11.2 Å². The summed E-state index contributed by atoms with van der Waals surface area (Å²) in [5, 5.41) is 0. The first kappa shape index (κ1) is 15.8. The van der Waals surface area contributed by atoms with E-state index >= 15 is 0 Å². The zero-order chi connectivity index (χ0) is 17.3. The second-order valence-corrected chi connectivity index (χ2v) is 5.38. The molecule has 0 saturated heterocycles. The quantitative estimate of drug-likeness (QED) is 0.535. The van der Waals surface area contributed by atoms with Crippen molar-refractivity contribution in [2.45, 2.75) is 6.54 Å². The number of nitrogens with zero attached hydrogens (tertiary/aromatic N) is 4. The van der Waals surface area contributed by atoms with Crippen LogP contribution in [0.1, 0.15) is 5.56 Å². The van der Waals surface area contributed by atoms with Crippen LogP contribution in [0, 0.1) is 0 Å². The average molecular weight is 326 g/mol. The van der Waals surface area contributed by atoms with Gasteiger partial charge in [0.1, 0.15) is 0 Å². The van der Waals surface area contributed by atoms with Crippen LogP contribution >= 0.6 is 0 Å². The van der Waals surface area contributed by atoms with Crippen LogP contribution < -0.4 is 22.5 Å².